The largest absolute Gasteiger partial charge is 0.756 e. The van der Waals surface area contributed by atoms with Crippen molar-refractivity contribution in [2.45, 2.75) is 206 Å². The molecule has 0 fully saturated rings. The van der Waals surface area contributed by atoms with E-state index < -0.39 is 13.9 Å². The maximum absolute atomic E-state index is 12.7. The maximum Gasteiger partial charge on any atom is 0.306 e. The first-order valence-electron chi connectivity index (χ1n) is 23.2. The first kappa shape index (κ1) is 54.7. The minimum Gasteiger partial charge on any atom is -0.756 e. The number of ether oxygens (including phenoxy) is 2. The van der Waals surface area contributed by atoms with Gasteiger partial charge in [-0.05, 0) is 70.6 Å². The Morgan fingerprint density at radius 2 is 0.982 bits per heavy atom. The van der Waals surface area contributed by atoms with Crippen LogP contribution in [0.25, 0.3) is 0 Å². The van der Waals surface area contributed by atoms with Crippen LogP contribution in [0.1, 0.15) is 200 Å². The summed E-state index contributed by atoms with van der Waals surface area (Å²) in [5.41, 5.74) is 0. The highest BCUT2D eigenvalue weighted by molar-refractivity contribution is 7.45. The topological polar surface area (TPSA) is 94.1 Å². The van der Waals surface area contributed by atoms with E-state index in [2.05, 4.69) is 50.3 Å². The molecule has 9 heteroatoms. The van der Waals surface area contributed by atoms with Crippen molar-refractivity contribution >= 4 is 13.8 Å². The summed E-state index contributed by atoms with van der Waals surface area (Å²) >= 11 is 0. The van der Waals surface area contributed by atoms with Crippen molar-refractivity contribution in [1.29, 1.82) is 0 Å². The standard InChI is InChI=1S/C47H90NO7P/c1-6-8-10-12-14-16-18-20-22-23-24-25-27-29-31-33-35-37-39-42-52-44-46(45-54-56(50,51)53-43-41-48(3,4)5)55-47(49)40-38-36-34-32-30-28-26-21-19-17-15-13-11-9-7-2/h16,18,21-23,26,46H,6-15,17,19-20,24-25,27-45H2,1-5H3/b18-16-,23-22-,26-21-. The molecule has 0 saturated heterocycles. The third kappa shape index (κ3) is 43.8. The molecular weight excluding hydrogens is 721 g/mol. The molecule has 330 valence electrons. The number of unbranched alkanes of at least 4 members (excludes halogenated alkanes) is 23. The summed E-state index contributed by atoms with van der Waals surface area (Å²) in [6.07, 6.45) is 47.2. The van der Waals surface area contributed by atoms with Gasteiger partial charge < -0.3 is 27.9 Å². The second kappa shape index (κ2) is 40.5. The van der Waals surface area contributed by atoms with Crippen LogP contribution >= 0.6 is 7.82 Å². The van der Waals surface area contributed by atoms with E-state index in [0.717, 1.165) is 51.4 Å². The van der Waals surface area contributed by atoms with Crippen LogP contribution in [0.4, 0.5) is 0 Å². The fraction of sp³-hybridized carbons (Fsp3) is 0.851. The highest BCUT2D eigenvalue weighted by Crippen LogP contribution is 2.38. The number of phosphoric ester groups is 1. The second-order valence-electron chi connectivity index (χ2n) is 16.8. The molecule has 56 heavy (non-hydrogen) atoms. The summed E-state index contributed by atoms with van der Waals surface area (Å²) in [7, 11) is 1.35. The van der Waals surface area contributed by atoms with Crippen LogP contribution in [0.3, 0.4) is 0 Å². The number of likely N-dealkylation sites (N-methyl/N-ethyl adjacent to an activating group) is 1. The predicted molar refractivity (Wildman–Crippen MR) is 236 cm³/mol. The lowest BCUT2D eigenvalue weighted by molar-refractivity contribution is -0.870. The number of quaternary nitrogens is 1. The van der Waals surface area contributed by atoms with Gasteiger partial charge in [-0.25, -0.2) is 0 Å². The number of esters is 1. The van der Waals surface area contributed by atoms with Gasteiger partial charge in [0.2, 0.25) is 0 Å². The molecule has 0 aromatic heterocycles. The molecule has 0 bridgehead atoms. The average Bonchev–Trinajstić information content (AvgIpc) is 3.15. The zero-order valence-corrected chi connectivity index (χ0v) is 38.2. The Bertz CT molecular complexity index is 994. The third-order valence-electron chi connectivity index (χ3n) is 9.91. The molecule has 0 aromatic rings. The van der Waals surface area contributed by atoms with Crippen LogP contribution in [-0.4, -0.2) is 70.7 Å². The van der Waals surface area contributed by atoms with Crippen molar-refractivity contribution in [2.24, 2.45) is 0 Å². The molecule has 0 rings (SSSR count). The lowest BCUT2D eigenvalue weighted by Crippen LogP contribution is -2.37. The van der Waals surface area contributed by atoms with Gasteiger partial charge in [-0.2, -0.15) is 0 Å². The van der Waals surface area contributed by atoms with Crippen LogP contribution < -0.4 is 4.89 Å². The zero-order chi connectivity index (χ0) is 41.3. The second-order valence-corrected chi connectivity index (χ2v) is 18.2. The van der Waals surface area contributed by atoms with Crippen LogP contribution in [-0.2, 0) is 27.9 Å². The fourth-order valence-corrected chi connectivity index (χ4v) is 7.01. The Balaban J connectivity index is 4.21. The van der Waals surface area contributed by atoms with Crippen molar-refractivity contribution < 1.29 is 37.3 Å². The van der Waals surface area contributed by atoms with Crippen molar-refractivity contribution in [3.8, 4) is 0 Å². The number of carbonyl (C=O) groups excluding carboxylic acids is 1. The number of phosphoric acid groups is 1. The van der Waals surface area contributed by atoms with Crippen LogP contribution in [0.15, 0.2) is 36.5 Å². The minimum absolute atomic E-state index is 0.0233. The molecule has 0 aromatic carbocycles. The predicted octanol–water partition coefficient (Wildman–Crippen LogP) is 13.1. The van der Waals surface area contributed by atoms with Crippen LogP contribution in [0, 0.1) is 0 Å². The molecule has 0 saturated carbocycles. The van der Waals surface area contributed by atoms with E-state index in [9.17, 15) is 14.3 Å². The lowest BCUT2D eigenvalue weighted by Gasteiger charge is -2.28. The molecule has 2 unspecified atom stereocenters. The first-order valence-corrected chi connectivity index (χ1v) is 24.7. The molecule has 0 amide bonds. The molecule has 0 radical (unpaired) electrons. The Morgan fingerprint density at radius 3 is 1.48 bits per heavy atom. The number of nitrogens with zero attached hydrogens (tertiary/aromatic N) is 1. The van der Waals surface area contributed by atoms with E-state index in [1.54, 1.807) is 0 Å². The number of carbonyl (C=O) groups is 1. The molecule has 0 N–H and O–H groups in total. The van der Waals surface area contributed by atoms with E-state index in [-0.39, 0.29) is 25.8 Å². The Labute approximate surface area is 346 Å². The summed E-state index contributed by atoms with van der Waals surface area (Å²) in [5, 5.41) is 0. The highest BCUT2D eigenvalue weighted by atomic mass is 31.2. The van der Waals surface area contributed by atoms with Crippen molar-refractivity contribution in [2.75, 3.05) is 54.1 Å². The first-order chi connectivity index (χ1) is 27.1. The summed E-state index contributed by atoms with van der Waals surface area (Å²) in [6.45, 7) is 5.38. The summed E-state index contributed by atoms with van der Waals surface area (Å²) < 4.78 is 34.6. The van der Waals surface area contributed by atoms with Crippen molar-refractivity contribution in [3.63, 3.8) is 0 Å². The average molecular weight is 812 g/mol. The normalized spacial score (nSPS) is 14.0. The number of rotatable bonds is 43. The quantitative estimate of drug-likeness (QED) is 0.0199. The molecule has 0 aliphatic carbocycles. The van der Waals surface area contributed by atoms with Gasteiger partial charge in [0.1, 0.15) is 19.3 Å². The van der Waals surface area contributed by atoms with E-state index in [1.165, 1.54) is 128 Å². The highest BCUT2D eigenvalue weighted by Gasteiger charge is 2.20. The molecule has 8 nitrogen and oxygen atoms in total. The van der Waals surface area contributed by atoms with Gasteiger partial charge in [0.15, 0.2) is 0 Å². The summed E-state index contributed by atoms with van der Waals surface area (Å²) in [6, 6.07) is 0. The van der Waals surface area contributed by atoms with Gasteiger partial charge in [0.05, 0.1) is 34.4 Å². The SMILES string of the molecule is CCCCCC/C=C\C/C=C\CCCCCCCCCCOCC(COP(=O)([O-])OCC[N+](C)(C)C)OC(=O)CCCCCCC/C=C\CCCCCCCC. The van der Waals surface area contributed by atoms with Crippen molar-refractivity contribution in [3.05, 3.63) is 36.5 Å². The van der Waals surface area contributed by atoms with Crippen LogP contribution in [0.2, 0.25) is 0 Å². The Morgan fingerprint density at radius 1 is 0.554 bits per heavy atom. The van der Waals surface area contributed by atoms with Gasteiger partial charge in [-0.3, -0.25) is 9.36 Å². The minimum atomic E-state index is -4.53. The Kier molecular flexibility index (Phi) is 39.6. The molecule has 0 aliphatic rings. The fourth-order valence-electron chi connectivity index (χ4n) is 6.28. The van der Waals surface area contributed by atoms with Gasteiger partial charge in [0.25, 0.3) is 7.82 Å². The van der Waals surface area contributed by atoms with E-state index >= 15 is 0 Å². The third-order valence-corrected chi connectivity index (χ3v) is 10.9. The number of hydrogen-bond acceptors (Lipinski definition) is 7. The smallest absolute Gasteiger partial charge is 0.306 e. The Hall–Kier alpha value is -1.28. The lowest BCUT2D eigenvalue weighted by atomic mass is 10.1. The van der Waals surface area contributed by atoms with Gasteiger partial charge in [0, 0.05) is 13.0 Å². The molecule has 0 aliphatic heterocycles. The maximum atomic E-state index is 12.7. The van der Waals surface area contributed by atoms with E-state index in [4.69, 9.17) is 18.5 Å². The van der Waals surface area contributed by atoms with Crippen LogP contribution in [0.5, 0.6) is 0 Å². The molecule has 0 heterocycles. The summed E-state index contributed by atoms with van der Waals surface area (Å²) in [5.74, 6) is -0.344. The van der Waals surface area contributed by atoms with E-state index in [0.29, 0.717) is 24.1 Å². The number of allylic oxidation sites excluding steroid dienone is 6. The van der Waals surface area contributed by atoms with Crippen molar-refractivity contribution in [1.82, 2.24) is 0 Å². The monoisotopic (exact) mass is 812 g/mol. The number of hydrogen-bond donors (Lipinski definition) is 0. The summed E-state index contributed by atoms with van der Waals surface area (Å²) in [4.78, 5) is 25.1. The van der Waals surface area contributed by atoms with Gasteiger partial charge in [-0.15, -0.1) is 0 Å². The molecule has 0 spiro atoms. The van der Waals surface area contributed by atoms with Gasteiger partial charge in [-0.1, -0.05) is 159 Å². The molecule has 2 atom stereocenters. The van der Waals surface area contributed by atoms with Gasteiger partial charge >= 0.3 is 5.97 Å². The zero-order valence-electron chi connectivity index (χ0n) is 37.3. The molecular formula is C47H90NO7P. The van der Waals surface area contributed by atoms with E-state index in [1.807, 2.05) is 21.1 Å².